The molecule has 0 aliphatic heterocycles. The van der Waals surface area contributed by atoms with Gasteiger partial charge >= 0.3 is 11.9 Å². The number of hydrogen-bond donors (Lipinski definition) is 8. The molecule has 0 aromatic heterocycles. The van der Waals surface area contributed by atoms with Gasteiger partial charge in [-0.25, -0.2) is 4.79 Å². The maximum Gasteiger partial charge on any atom is 0.326 e. The molecule has 9 N–H and O–H groups in total. The second-order valence-electron chi connectivity index (χ2n) is 7.60. The Bertz CT molecular complexity index is 930. The molecule has 4 amide bonds. The molecule has 0 saturated heterocycles. The number of carbonyl (C=O) groups excluding carboxylic acids is 4. The molecule has 0 radical (unpaired) electrons. The molecule has 35 heavy (non-hydrogen) atoms. The third kappa shape index (κ3) is 10.9. The van der Waals surface area contributed by atoms with Gasteiger partial charge in [0.2, 0.25) is 23.6 Å². The van der Waals surface area contributed by atoms with Crippen molar-refractivity contribution in [1.29, 1.82) is 0 Å². The van der Waals surface area contributed by atoms with Gasteiger partial charge in [0.05, 0.1) is 12.5 Å². The number of hydrogen-bond acceptors (Lipinski definition) is 8. The Labute approximate surface area is 206 Å². The second-order valence-corrected chi connectivity index (χ2v) is 7.97. The highest BCUT2D eigenvalue weighted by Gasteiger charge is 2.31. The first-order valence-corrected chi connectivity index (χ1v) is 11.1. The van der Waals surface area contributed by atoms with Gasteiger partial charge in [-0.3, -0.25) is 24.0 Å². The first-order valence-electron chi connectivity index (χ1n) is 10.5. The first-order chi connectivity index (χ1) is 16.4. The Balaban J connectivity index is 3.02. The molecule has 4 atom stereocenters. The summed E-state index contributed by atoms with van der Waals surface area (Å²) in [6.07, 6.45) is -1.52. The van der Waals surface area contributed by atoms with Crippen molar-refractivity contribution in [2.45, 2.75) is 49.9 Å². The SMILES string of the molecule is NC(=O)CCC(NC(=O)C(N)CS)C(=O)NC(CC(=O)O)C(=O)NC(Cc1ccccc1)C(=O)O. The van der Waals surface area contributed by atoms with E-state index in [9.17, 15) is 39.0 Å². The van der Waals surface area contributed by atoms with Crippen LogP contribution in [0.1, 0.15) is 24.8 Å². The second kappa shape index (κ2) is 14.6. The van der Waals surface area contributed by atoms with Crippen molar-refractivity contribution in [3.05, 3.63) is 35.9 Å². The molecule has 192 valence electrons. The fraction of sp³-hybridized carbons (Fsp3) is 0.429. The summed E-state index contributed by atoms with van der Waals surface area (Å²) in [4.78, 5) is 71.7. The molecule has 1 aromatic rings. The van der Waals surface area contributed by atoms with Gasteiger partial charge in [0, 0.05) is 18.6 Å². The molecule has 1 aromatic carbocycles. The third-order valence-electron chi connectivity index (χ3n) is 4.75. The summed E-state index contributed by atoms with van der Waals surface area (Å²) >= 11 is 3.89. The summed E-state index contributed by atoms with van der Waals surface area (Å²) in [7, 11) is 0. The van der Waals surface area contributed by atoms with Crippen molar-refractivity contribution in [3.63, 3.8) is 0 Å². The number of aliphatic carboxylic acids is 2. The van der Waals surface area contributed by atoms with Gasteiger partial charge in [0.25, 0.3) is 0 Å². The Morgan fingerprint density at radius 1 is 0.857 bits per heavy atom. The largest absolute Gasteiger partial charge is 0.481 e. The Kier molecular flexibility index (Phi) is 12.2. The van der Waals surface area contributed by atoms with Crippen molar-refractivity contribution < 1.29 is 39.0 Å². The zero-order valence-electron chi connectivity index (χ0n) is 18.7. The van der Waals surface area contributed by atoms with Gasteiger partial charge in [-0.15, -0.1) is 0 Å². The van der Waals surface area contributed by atoms with Gasteiger partial charge in [0.1, 0.15) is 18.1 Å². The van der Waals surface area contributed by atoms with E-state index < -0.39 is 66.2 Å². The van der Waals surface area contributed by atoms with Crippen LogP contribution in [0.5, 0.6) is 0 Å². The van der Waals surface area contributed by atoms with Gasteiger partial charge in [-0.1, -0.05) is 30.3 Å². The maximum absolute atomic E-state index is 12.8. The molecule has 0 spiro atoms. The molecule has 0 heterocycles. The Morgan fingerprint density at radius 2 is 1.40 bits per heavy atom. The van der Waals surface area contributed by atoms with E-state index in [-0.39, 0.29) is 25.0 Å². The molecule has 0 fully saturated rings. The van der Waals surface area contributed by atoms with Crippen molar-refractivity contribution in [3.8, 4) is 0 Å². The summed E-state index contributed by atoms with van der Waals surface area (Å²) < 4.78 is 0. The third-order valence-corrected chi connectivity index (χ3v) is 5.15. The van der Waals surface area contributed by atoms with E-state index in [1.165, 1.54) is 0 Å². The quantitative estimate of drug-likeness (QED) is 0.119. The van der Waals surface area contributed by atoms with Crippen molar-refractivity contribution >= 4 is 48.2 Å². The number of carboxylic acids is 2. The Morgan fingerprint density at radius 3 is 1.91 bits per heavy atom. The summed E-state index contributed by atoms with van der Waals surface area (Å²) in [5, 5.41) is 25.4. The number of carboxylic acid groups (broad SMARTS) is 2. The molecule has 1 rings (SSSR count). The molecular formula is C21H29N5O8S. The van der Waals surface area contributed by atoms with Crippen molar-refractivity contribution in [1.82, 2.24) is 16.0 Å². The number of benzene rings is 1. The molecule has 0 aliphatic carbocycles. The van der Waals surface area contributed by atoms with E-state index >= 15 is 0 Å². The zero-order valence-corrected chi connectivity index (χ0v) is 19.6. The number of carbonyl (C=O) groups is 6. The van der Waals surface area contributed by atoms with Crippen LogP contribution in [0.2, 0.25) is 0 Å². The molecule has 0 saturated carbocycles. The highest BCUT2D eigenvalue weighted by atomic mass is 32.1. The lowest BCUT2D eigenvalue weighted by molar-refractivity contribution is -0.143. The lowest BCUT2D eigenvalue weighted by Crippen LogP contribution is -2.58. The summed E-state index contributed by atoms with van der Waals surface area (Å²) in [6, 6.07) is 2.88. The van der Waals surface area contributed by atoms with Crippen LogP contribution in [0.25, 0.3) is 0 Å². The number of amides is 4. The first kappa shape index (κ1) is 29.4. The fourth-order valence-corrected chi connectivity index (χ4v) is 3.06. The van der Waals surface area contributed by atoms with Crippen molar-refractivity contribution in [2.24, 2.45) is 11.5 Å². The number of thiol groups is 1. The summed E-state index contributed by atoms with van der Waals surface area (Å²) in [5.74, 6) is -6.43. The van der Waals surface area contributed by atoms with Gasteiger partial charge in [0.15, 0.2) is 0 Å². The van der Waals surface area contributed by atoms with Crippen LogP contribution in [0.4, 0.5) is 0 Å². The van der Waals surface area contributed by atoms with E-state index in [0.717, 1.165) is 0 Å². The van der Waals surface area contributed by atoms with E-state index in [0.29, 0.717) is 5.56 Å². The minimum absolute atomic E-state index is 0.0436. The van der Waals surface area contributed by atoms with Crippen LogP contribution >= 0.6 is 12.6 Å². The molecule has 14 heteroatoms. The number of primary amides is 1. The smallest absolute Gasteiger partial charge is 0.326 e. The highest BCUT2D eigenvalue weighted by Crippen LogP contribution is 2.06. The van der Waals surface area contributed by atoms with Crippen LogP contribution in [-0.2, 0) is 35.2 Å². The predicted molar refractivity (Wildman–Crippen MR) is 126 cm³/mol. The number of nitrogens with two attached hydrogens (primary N) is 2. The molecule has 0 aliphatic rings. The fourth-order valence-electron chi connectivity index (χ4n) is 2.90. The lowest BCUT2D eigenvalue weighted by Gasteiger charge is -2.24. The van der Waals surface area contributed by atoms with Gasteiger partial charge in [-0.2, -0.15) is 12.6 Å². The molecule has 0 bridgehead atoms. The van der Waals surface area contributed by atoms with E-state index in [4.69, 9.17) is 11.5 Å². The summed E-state index contributed by atoms with van der Waals surface area (Å²) in [5.41, 5.74) is 11.3. The average molecular weight is 512 g/mol. The van der Waals surface area contributed by atoms with Gasteiger partial charge < -0.3 is 37.6 Å². The molecule has 4 unspecified atom stereocenters. The monoisotopic (exact) mass is 511 g/mol. The minimum atomic E-state index is -1.68. The zero-order chi connectivity index (χ0) is 26.5. The van der Waals surface area contributed by atoms with Crippen LogP contribution in [-0.4, -0.2) is 75.7 Å². The molecule has 13 nitrogen and oxygen atoms in total. The summed E-state index contributed by atoms with van der Waals surface area (Å²) in [6.45, 7) is 0. The van der Waals surface area contributed by atoms with Crippen molar-refractivity contribution in [2.75, 3.05) is 5.75 Å². The van der Waals surface area contributed by atoms with Gasteiger partial charge in [-0.05, 0) is 12.0 Å². The lowest BCUT2D eigenvalue weighted by atomic mass is 10.0. The average Bonchev–Trinajstić information content (AvgIpc) is 2.80. The highest BCUT2D eigenvalue weighted by molar-refractivity contribution is 7.80. The van der Waals surface area contributed by atoms with Crippen LogP contribution in [0.3, 0.4) is 0 Å². The topological polar surface area (TPSA) is 231 Å². The van der Waals surface area contributed by atoms with Crippen LogP contribution in [0, 0.1) is 0 Å². The molecular weight excluding hydrogens is 482 g/mol. The number of rotatable bonds is 15. The van der Waals surface area contributed by atoms with E-state index in [2.05, 4.69) is 28.6 Å². The Hall–Kier alpha value is -3.65. The van der Waals surface area contributed by atoms with E-state index in [1.807, 2.05) is 0 Å². The number of nitrogens with one attached hydrogen (secondary N) is 3. The normalized spacial score (nSPS) is 14.0. The predicted octanol–water partition coefficient (Wildman–Crippen LogP) is -2.23. The minimum Gasteiger partial charge on any atom is -0.481 e. The maximum atomic E-state index is 12.8. The van der Waals surface area contributed by atoms with E-state index in [1.54, 1.807) is 30.3 Å². The standard InChI is InChI=1S/C21H29N5O8S/c22-12(10-35)18(30)24-13(6-7-16(23)27)19(31)25-14(9-17(28)29)20(32)26-15(21(33)34)8-11-4-2-1-3-5-11/h1-5,12-15,35H,6-10,22H2,(H2,23,27)(H,24,30)(H,25,31)(H,26,32)(H,28,29)(H,33,34). The van der Waals surface area contributed by atoms with Crippen LogP contribution < -0.4 is 27.4 Å². The van der Waals surface area contributed by atoms with Crippen LogP contribution in [0.15, 0.2) is 30.3 Å².